The van der Waals surface area contributed by atoms with Crippen molar-refractivity contribution in [1.82, 2.24) is 20.6 Å². The number of aromatic nitrogens is 2. The lowest BCUT2D eigenvalue weighted by Crippen LogP contribution is -2.41. The summed E-state index contributed by atoms with van der Waals surface area (Å²) in [6.07, 6.45) is 0. The van der Waals surface area contributed by atoms with Crippen LogP contribution in [0.5, 0.6) is 0 Å². The molecule has 0 radical (unpaired) electrons. The molecule has 0 saturated heterocycles. The molecule has 2 aromatic carbocycles. The van der Waals surface area contributed by atoms with Gasteiger partial charge in [-0.15, -0.1) is 11.3 Å². The fourth-order valence-electron chi connectivity index (χ4n) is 2.79. The Labute approximate surface area is 163 Å². The van der Waals surface area contributed by atoms with Crippen molar-refractivity contribution >= 4 is 33.4 Å². The van der Waals surface area contributed by atoms with E-state index in [2.05, 4.69) is 16.0 Å². The van der Waals surface area contributed by atoms with Crippen LogP contribution in [0.3, 0.4) is 0 Å². The molecule has 4 aromatic rings. The number of amides is 2. The highest BCUT2D eigenvalue weighted by Gasteiger charge is 2.18. The SMILES string of the molecule is Cc1nn(-c2ccccc2)c2sc(C(=O)NNC(=O)c3ccccc3F)cc12. The largest absolute Gasteiger partial charge is 0.279 e. The van der Waals surface area contributed by atoms with Gasteiger partial charge in [-0.05, 0) is 37.3 Å². The molecule has 0 bridgehead atoms. The zero-order valence-corrected chi connectivity index (χ0v) is 15.6. The maximum atomic E-state index is 13.7. The predicted octanol–water partition coefficient (Wildman–Crippen LogP) is 3.61. The van der Waals surface area contributed by atoms with Crippen LogP contribution in [-0.4, -0.2) is 21.6 Å². The average Bonchev–Trinajstić information content (AvgIpc) is 3.28. The predicted molar refractivity (Wildman–Crippen MR) is 105 cm³/mol. The van der Waals surface area contributed by atoms with E-state index in [4.69, 9.17) is 0 Å². The molecule has 28 heavy (non-hydrogen) atoms. The summed E-state index contributed by atoms with van der Waals surface area (Å²) < 4.78 is 15.4. The van der Waals surface area contributed by atoms with E-state index in [1.54, 1.807) is 16.8 Å². The quantitative estimate of drug-likeness (QED) is 0.521. The number of halogens is 1. The summed E-state index contributed by atoms with van der Waals surface area (Å²) in [6.45, 7) is 1.87. The maximum absolute atomic E-state index is 13.7. The third-order valence-electron chi connectivity index (χ3n) is 4.18. The molecule has 4 rings (SSSR count). The van der Waals surface area contributed by atoms with Gasteiger partial charge in [-0.25, -0.2) is 9.07 Å². The highest BCUT2D eigenvalue weighted by molar-refractivity contribution is 7.20. The summed E-state index contributed by atoms with van der Waals surface area (Å²) in [5.41, 5.74) is 6.11. The number of hydrogen-bond acceptors (Lipinski definition) is 4. The summed E-state index contributed by atoms with van der Waals surface area (Å²) in [5.74, 6) is -1.86. The van der Waals surface area contributed by atoms with E-state index in [1.807, 2.05) is 37.3 Å². The van der Waals surface area contributed by atoms with Crippen molar-refractivity contribution in [1.29, 1.82) is 0 Å². The molecule has 0 fully saturated rings. The van der Waals surface area contributed by atoms with Crippen molar-refractivity contribution in [2.45, 2.75) is 6.92 Å². The number of fused-ring (bicyclic) bond motifs is 1. The molecule has 0 saturated carbocycles. The van der Waals surface area contributed by atoms with Crippen LogP contribution in [-0.2, 0) is 0 Å². The summed E-state index contributed by atoms with van der Waals surface area (Å²) in [7, 11) is 0. The Morgan fingerprint density at radius 2 is 1.68 bits per heavy atom. The number of rotatable bonds is 3. The summed E-state index contributed by atoms with van der Waals surface area (Å²) in [5, 5.41) is 5.39. The molecule has 2 N–H and O–H groups in total. The Bertz CT molecular complexity index is 1180. The Morgan fingerprint density at radius 3 is 2.43 bits per heavy atom. The molecule has 2 heterocycles. The molecule has 0 unspecified atom stereocenters. The minimum absolute atomic E-state index is 0.144. The van der Waals surface area contributed by atoms with Crippen LogP contribution in [0.15, 0.2) is 60.7 Å². The topological polar surface area (TPSA) is 76.0 Å². The third kappa shape index (κ3) is 3.25. The fourth-order valence-corrected chi connectivity index (χ4v) is 3.87. The van der Waals surface area contributed by atoms with Crippen LogP contribution < -0.4 is 10.9 Å². The van der Waals surface area contributed by atoms with Crippen molar-refractivity contribution in [3.63, 3.8) is 0 Å². The Kier molecular flexibility index (Phi) is 4.62. The van der Waals surface area contributed by atoms with Crippen LogP contribution in [0, 0.1) is 12.7 Å². The highest BCUT2D eigenvalue weighted by Crippen LogP contribution is 2.30. The Balaban J connectivity index is 1.55. The molecule has 2 amide bonds. The van der Waals surface area contributed by atoms with Gasteiger partial charge in [0, 0.05) is 5.39 Å². The molecule has 6 nitrogen and oxygen atoms in total. The molecule has 0 atom stereocenters. The van der Waals surface area contributed by atoms with E-state index in [9.17, 15) is 14.0 Å². The second kappa shape index (κ2) is 7.24. The number of nitrogens with one attached hydrogen (secondary N) is 2. The van der Waals surface area contributed by atoms with E-state index in [0.29, 0.717) is 4.88 Å². The number of aryl methyl sites for hydroxylation is 1. The summed E-state index contributed by atoms with van der Waals surface area (Å²) >= 11 is 1.26. The second-order valence-electron chi connectivity index (χ2n) is 6.05. The van der Waals surface area contributed by atoms with Crippen LogP contribution in [0.1, 0.15) is 25.7 Å². The maximum Gasteiger partial charge on any atom is 0.279 e. The molecule has 0 aliphatic carbocycles. The molecule has 0 aliphatic heterocycles. The van der Waals surface area contributed by atoms with Crippen molar-refractivity contribution in [2.75, 3.05) is 0 Å². The normalized spacial score (nSPS) is 10.8. The first-order valence-electron chi connectivity index (χ1n) is 8.44. The molecule has 0 aliphatic rings. The number of para-hydroxylation sites is 1. The smallest absolute Gasteiger partial charge is 0.267 e. The third-order valence-corrected chi connectivity index (χ3v) is 5.29. The van der Waals surface area contributed by atoms with Crippen molar-refractivity contribution in [3.05, 3.63) is 82.6 Å². The second-order valence-corrected chi connectivity index (χ2v) is 7.08. The standard InChI is InChI=1S/C20H15FN4O2S/c1-12-15-11-17(28-20(15)25(24-12)13-7-3-2-4-8-13)19(27)23-22-18(26)14-9-5-6-10-16(14)21/h2-11H,1H3,(H,22,26)(H,23,27). The number of benzene rings is 2. The Hall–Kier alpha value is -3.52. The van der Waals surface area contributed by atoms with E-state index in [-0.39, 0.29) is 5.56 Å². The number of nitrogens with zero attached hydrogens (tertiary/aromatic N) is 2. The molecular formula is C20H15FN4O2S. The highest BCUT2D eigenvalue weighted by atomic mass is 32.1. The van der Waals surface area contributed by atoms with Gasteiger partial charge in [0.1, 0.15) is 10.6 Å². The van der Waals surface area contributed by atoms with E-state index < -0.39 is 17.6 Å². The van der Waals surface area contributed by atoms with Crippen molar-refractivity contribution < 1.29 is 14.0 Å². The number of thiophene rings is 1. The molecular weight excluding hydrogens is 379 g/mol. The van der Waals surface area contributed by atoms with Gasteiger partial charge in [-0.1, -0.05) is 30.3 Å². The van der Waals surface area contributed by atoms with E-state index in [1.165, 1.54) is 29.5 Å². The van der Waals surface area contributed by atoms with Crippen molar-refractivity contribution in [3.8, 4) is 5.69 Å². The summed E-state index contributed by atoms with van der Waals surface area (Å²) in [4.78, 5) is 25.7. The van der Waals surface area contributed by atoms with Gasteiger partial charge < -0.3 is 0 Å². The van der Waals surface area contributed by atoms with Crippen LogP contribution >= 0.6 is 11.3 Å². The number of hydrogen-bond donors (Lipinski definition) is 2. The molecule has 2 aromatic heterocycles. The monoisotopic (exact) mass is 394 g/mol. The zero-order chi connectivity index (χ0) is 19.7. The average molecular weight is 394 g/mol. The van der Waals surface area contributed by atoms with Gasteiger partial charge in [0.25, 0.3) is 11.8 Å². The van der Waals surface area contributed by atoms with Crippen LogP contribution in [0.4, 0.5) is 4.39 Å². The van der Waals surface area contributed by atoms with E-state index in [0.717, 1.165) is 21.6 Å². The minimum Gasteiger partial charge on any atom is -0.267 e. The Morgan fingerprint density at radius 1 is 1.00 bits per heavy atom. The first kappa shape index (κ1) is 17.9. The van der Waals surface area contributed by atoms with Gasteiger partial charge in [0.05, 0.1) is 21.8 Å². The molecule has 0 spiro atoms. The molecule has 140 valence electrons. The minimum atomic E-state index is -0.723. The van der Waals surface area contributed by atoms with Gasteiger partial charge in [0.15, 0.2) is 0 Å². The lowest BCUT2D eigenvalue weighted by Gasteiger charge is -2.06. The van der Waals surface area contributed by atoms with Crippen LogP contribution in [0.25, 0.3) is 15.9 Å². The number of hydrazine groups is 1. The molecule has 8 heteroatoms. The lowest BCUT2D eigenvalue weighted by molar-refractivity contribution is 0.0846. The summed E-state index contributed by atoms with van der Waals surface area (Å²) in [6, 6.07) is 16.9. The lowest BCUT2D eigenvalue weighted by atomic mass is 10.2. The fraction of sp³-hybridized carbons (Fsp3) is 0.0500. The van der Waals surface area contributed by atoms with E-state index >= 15 is 0 Å². The van der Waals surface area contributed by atoms with Gasteiger partial charge in [0.2, 0.25) is 0 Å². The van der Waals surface area contributed by atoms with Crippen LogP contribution in [0.2, 0.25) is 0 Å². The number of carbonyl (C=O) groups excluding carboxylic acids is 2. The first-order valence-corrected chi connectivity index (χ1v) is 9.26. The van der Waals surface area contributed by atoms with Gasteiger partial charge in [-0.3, -0.25) is 20.4 Å². The van der Waals surface area contributed by atoms with Crippen molar-refractivity contribution in [2.24, 2.45) is 0 Å². The van der Waals surface area contributed by atoms with Gasteiger partial charge in [-0.2, -0.15) is 5.10 Å². The number of carbonyl (C=O) groups is 2. The van der Waals surface area contributed by atoms with Gasteiger partial charge >= 0.3 is 0 Å². The zero-order valence-electron chi connectivity index (χ0n) is 14.8. The first-order chi connectivity index (χ1) is 13.5.